The van der Waals surface area contributed by atoms with Crippen LogP contribution in [-0.4, -0.2) is 31.2 Å². The van der Waals surface area contributed by atoms with Crippen molar-refractivity contribution in [3.05, 3.63) is 0 Å². The predicted octanol–water partition coefficient (Wildman–Crippen LogP) is 0.679. The molecule has 5 nitrogen and oxygen atoms in total. The molecule has 0 aromatic heterocycles. The Labute approximate surface area is 90.0 Å². The summed E-state index contributed by atoms with van der Waals surface area (Å²) in [5.41, 5.74) is -0.535. The first-order valence-corrected chi connectivity index (χ1v) is 4.02. The summed E-state index contributed by atoms with van der Waals surface area (Å²) in [4.78, 5) is 21.7. The van der Waals surface area contributed by atoms with Gasteiger partial charge in [-0.05, 0) is 20.8 Å². The Morgan fingerprint density at radius 1 is 1.29 bits per heavy atom. The number of hydrogen-bond donors (Lipinski definition) is 2. The van der Waals surface area contributed by atoms with Gasteiger partial charge in [-0.1, -0.05) is 0 Å². The van der Waals surface area contributed by atoms with Crippen LogP contribution in [0.5, 0.6) is 0 Å². The monoisotopic (exact) mass is 224 g/mol. The van der Waals surface area contributed by atoms with E-state index in [2.05, 4.69) is 10.6 Å². The molecule has 6 heteroatoms. The Bertz CT molecular complexity index is 201. The van der Waals surface area contributed by atoms with Crippen LogP contribution < -0.4 is 10.6 Å². The third-order valence-electron chi connectivity index (χ3n) is 1.07. The van der Waals surface area contributed by atoms with Crippen molar-refractivity contribution in [1.29, 1.82) is 0 Å². The molecular weight excluding hydrogens is 208 g/mol. The predicted molar refractivity (Wildman–Crippen MR) is 55.6 cm³/mol. The van der Waals surface area contributed by atoms with Crippen LogP contribution in [-0.2, 0) is 9.53 Å². The summed E-state index contributed by atoms with van der Waals surface area (Å²) in [7, 11) is 1.50. The number of alkyl carbamates (subject to hydrolysis) is 1. The molecule has 0 heterocycles. The van der Waals surface area contributed by atoms with Crippen LogP contribution in [0.2, 0.25) is 0 Å². The summed E-state index contributed by atoms with van der Waals surface area (Å²) in [6.07, 6.45) is -0.587. The van der Waals surface area contributed by atoms with Crippen LogP contribution in [0.15, 0.2) is 0 Å². The van der Waals surface area contributed by atoms with Crippen LogP contribution in [0, 0.1) is 0 Å². The van der Waals surface area contributed by atoms with Crippen LogP contribution in [0.25, 0.3) is 0 Å². The average Bonchev–Trinajstić information content (AvgIpc) is 1.97. The molecule has 0 aliphatic carbocycles. The van der Waals surface area contributed by atoms with Gasteiger partial charge in [0.25, 0.3) is 0 Å². The first-order chi connectivity index (χ1) is 5.85. The highest BCUT2D eigenvalue weighted by Gasteiger charge is 2.15. The highest BCUT2D eigenvalue weighted by molar-refractivity contribution is 5.85. The van der Waals surface area contributed by atoms with Gasteiger partial charge < -0.3 is 15.4 Å². The van der Waals surface area contributed by atoms with Crippen LogP contribution in [0.4, 0.5) is 4.79 Å². The topological polar surface area (TPSA) is 67.4 Å². The first kappa shape index (κ1) is 15.5. The zero-order chi connectivity index (χ0) is 10.5. The molecule has 0 aromatic rings. The van der Waals surface area contributed by atoms with Crippen molar-refractivity contribution in [2.75, 3.05) is 13.6 Å². The molecule has 0 bridgehead atoms. The van der Waals surface area contributed by atoms with Gasteiger partial charge in [0.05, 0.1) is 6.54 Å². The molecule has 0 fully saturated rings. The maximum atomic E-state index is 11.0. The second-order valence-corrected chi connectivity index (χ2v) is 3.53. The Kier molecular flexibility index (Phi) is 7.17. The molecule has 0 rings (SSSR count). The number of carbonyl (C=O) groups is 2. The summed E-state index contributed by atoms with van der Waals surface area (Å²) in [5, 5.41) is 4.69. The van der Waals surface area contributed by atoms with Crippen molar-refractivity contribution in [1.82, 2.24) is 10.6 Å². The van der Waals surface area contributed by atoms with E-state index in [1.54, 1.807) is 20.8 Å². The number of carbonyl (C=O) groups excluding carboxylic acids is 2. The highest BCUT2D eigenvalue weighted by Crippen LogP contribution is 2.05. The lowest BCUT2D eigenvalue weighted by Crippen LogP contribution is -2.38. The van der Waals surface area contributed by atoms with Gasteiger partial charge in [0.2, 0.25) is 5.91 Å². The highest BCUT2D eigenvalue weighted by atomic mass is 35.5. The van der Waals surface area contributed by atoms with E-state index in [1.807, 2.05) is 0 Å². The van der Waals surface area contributed by atoms with Gasteiger partial charge in [-0.2, -0.15) is 0 Å². The van der Waals surface area contributed by atoms with E-state index in [0.717, 1.165) is 0 Å². The smallest absolute Gasteiger partial charge is 0.408 e. The van der Waals surface area contributed by atoms with E-state index in [9.17, 15) is 9.59 Å². The normalized spacial score (nSPS) is 9.71. The van der Waals surface area contributed by atoms with Gasteiger partial charge in [0, 0.05) is 7.05 Å². The van der Waals surface area contributed by atoms with Crippen LogP contribution >= 0.6 is 12.4 Å². The molecule has 14 heavy (non-hydrogen) atoms. The number of ether oxygens (including phenoxy) is 1. The maximum absolute atomic E-state index is 11.0. The molecular formula is C8H17ClN2O3. The fraction of sp³-hybridized carbons (Fsp3) is 0.750. The minimum atomic E-state index is -0.587. The number of halogens is 1. The number of amides is 2. The third-order valence-corrected chi connectivity index (χ3v) is 1.07. The molecule has 0 saturated carbocycles. The number of likely N-dealkylation sites (N-methyl/N-ethyl adjacent to an activating group) is 1. The summed E-state index contributed by atoms with van der Waals surface area (Å²) in [6, 6.07) is 0. The van der Waals surface area contributed by atoms with Gasteiger partial charge in [0.15, 0.2) is 0 Å². The number of rotatable bonds is 2. The molecule has 0 aromatic carbocycles. The fourth-order valence-corrected chi connectivity index (χ4v) is 0.555. The molecule has 0 saturated heterocycles. The summed E-state index contributed by atoms with van der Waals surface area (Å²) in [5.74, 6) is -0.258. The molecule has 0 unspecified atom stereocenters. The lowest BCUT2D eigenvalue weighted by Gasteiger charge is -2.19. The molecule has 0 aliphatic rings. The molecule has 0 atom stereocenters. The molecule has 0 radical (unpaired) electrons. The molecule has 0 aliphatic heterocycles. The fourth-order valence-electron chi connectivity index (χ4n) is 0.555. The number of nitrogens with one attached hydrogen (secondary N) is 2. The van der Waals surface area contributed by atoms with Crippen molar-refractivity contribution in [3.8, 4) is 0 Å². The van der Waals surface area contributed by atoms with Crippen molar-refractivity contribution in [2.24, 2.45) is 0 Å². The minimum Gasteiger partial charge on any atom is -0.444 e. The maximum Gasteiger partial charge on any atom is 0.408 e. The largest absolute Gasteiger partial charge is 0.444 e. The quantitative estimate of drug-likeness (QED) is 0.725. The Hall–Kier alpha value is -0.970. The molecule has 84 valence electrons. The summed E-state index contributed by atoms with van der Waals surface area (Å²) >= 11 is 0. The van der Waals surface area contributed by atoms with Crippen molar-refractivity contribution < 1.29 is 14.3 Å². The first-order valence-electron chi connectivity index (χ1n) is 4.02. The van der Waals surface area contributed by atoms with Crippen molar-refractivity contribution >= 4 is 24.4 Å². The Balaban J connectivity index is 0. The SMILES string of the molecule is CNC(=O)CNC(=O)OC(C)(C)C.Cl. The van der Waals surface area contributed by atoms with E-state index in [-0.39, 0.29) is 24.9 Å². The Morgan fingerprint density at radius 2 is 1.79 bits per heavy atom. The summed E-state index contributed by atoms with van der Waals surface area (Å²) < 4.78 is 4.90. The van der Waals surface area contributed by atoms with Gasteiger partial charge in [-0.3, -0.25) is 4.79 Å². The van der Waals surface area contributed by atoms with Gasteiger partial charge in [-0.15, -0.1) is 12.4 Å². The van der Waals surface area contributed by atoms with E-state index in [0.29, 0.717) is 0 Å². The van der Waals surface area contributed by atoms with E-state index in [1.165, 1.54) is 7.05 Å². The lowest BCUT2D eigenvalue weighted by atomic mass is 10.2. The molecule has 0 spiro atoms. The minimum absolute atomic E-state index is 0. The van der Waals surface area contributed by atoms with Crippen molar-refractivity contribution in [3.63, 3.8) is 0 Å². The second-order valence-electron chi connectivity index (χ2n) is 3.53. The zero-order valence-corrected chi connectivity index (χ0v) is 9.66. The van der Waals surface area contributed by atoms with E-state index in [4.69, 9.17) is 4.74 Å². The van der Waals surface area contributed by atoms with E-state index < -0.39 is 11.7 Å². The van der Waals surface area contributed by atoms with Crippen LogP contribution in [0.1, 0.15) is 20.8 Å². The average molecular weight is 225 g/mol. The Morgan fingerprint density at radius 3 is 2.14 bits per heavy atom. The standard InChI is InChI=1S/C8H16N2O3.ClH/c1-8(2,3)13-7(12)10-5-6(11)9-4;/h5H2,1-4H3,(H,9,11)(H,10,12);1H. The zero-order valence-electron chi connectivity index (χ0n) is 8.84. The molecule has 2 amide bonds. The molecule has 2 N–H and O–H groups in total. The van der Waals surface area contributed by atoms with Crippen LogP contribution in [0.3, 0.4) is 0 Å². The summed E-state index contributed by atoms with van der Waals surface area (Å²) in [6.45, 7) is 5.21. The van der Waals surface area contributed by atoms with Gasteiger partial charge in [-0.25, -0.2) is 4.79 Å². The number of hydrogen-bond acceptors (Lipinski definition) is 3. The lowest BCUT2D eigenvalue weighted by molar-refractivity contribution is -0.119. The van der Waals surface area contributed by atoms with E-state index >= 15 is 0 Å². The van der Waals surface area contributed by atoms with Gasteiger partial charge in [0.1, 0.15) is 5.60 Å². The third kappa shape index (κ3) is 9.12. The second kappa shape index (κ2) is 6.48. The van der Waals surface area contributed by atoms with Crippen molar-refractivity contribution in [2.45, 2.75) is 26.4 Å². The van der Waals surface area contributed by atoms with Gasteiger partial charge >= 0.3 is 6.09 Å².